The van der Waals surface area contributed by atoms with Gasteiger partial charge in [-0.2, -0.15) is 0 Å². The van der Waals surface area contributed by atoms with Crippen LogP contribution in [0, 0.1) is 5.92 Å². The standard InChI is InChI=1S/C20H21ClN2O3/c21-16-4-2-1-3-15(16)12-22-20(24)23-19(13-5-6-13)14-7-8-17-18(11-14)26-10-9-25-17/h1-4,7-8,11,13,19H,5-6,9-10,12H2,(H2,22,23,24). The number of hydrogen-bond acceptors (Lipinski definition) is 3. The number of carbonyl (C=O) groups excluding carboxylic acids is 1. The van der Waals surface area contributed by atoms with Crippen LogP contribution in [0.4, 0.5) is 4.79 Å². The molecule has 1 aliphatic heterocycles. The second kappa shape index (κ2) is 7.46. The molecule has 1 heterocycles. The molecule has 26 heavy (non-hydrogen) atoms. The van der Waals surface area contributed by atoms with E-state index in [-0.39, 0.29) is 12.1 Å². The molecular formula is C20H21ClN2O3. The van der Waals surface area contributed by atoms with Gasteiger partial charge in [-0.1, -0.05) is 35.9 Å². The Balaban J connectivity index is 1.42. The van der Waals surface area contributed by atoms with Crippen LogP contribution in [0.15, 0.2) is 42.5 Å². The van der Waals surface area contributed by atoms with E-state index in [0.29, 0.717) is 30.7 Å². The number of nitrogens with one attached hydrogen (secondary N) is 2. The van der Waals surface area contributed by atoms with Gasteiger partial charge in [-0.15, -0.1) is 0 Å². The van der Waals surface area contributed by atoms with Crippen molar-refractivity contribution in [2.45, 2.75) is 25.4 Å². The molecule has 2 aromatic rings. The average Bonchev–Trinajstić information content (AvgIpc) is 3.50. The van der Waals surface area contributed by atoms with E-state index in [1.165, 1.54) is 0 Å². The van der Waals surface area contributed by atoms with E-state index in [9.17, 15) is 4.79 Å². The fourth-order valence-corrected chi connectivity index (χ4v) is 3.37. The van der Waals surface area contributed by atoms with Crippen LogP contribution < -0.4 is 20.1 Å². The van der Waals surface area contributed by atoms with Gasteiger partial charge in [0.05, 0.1) is 6.04 Å². The fraction of sp³-hybridized carbons (Fsp3) is 0.350. The van der Waals surface area contributed by atoms with Gasteiger partial charge < -0.3 is 20.1 Å². The minimum Gasteiger partial charge on any atom is -0.486 e. The number of rotatable bonds is 5. The zero-order chi connectivity index (χ0) is 17.9. The van der Waals surface area contributed by atoms with E-state index in [2.05, 4.69) is 10.6 Å². The molecule has 1 saturated carbocycles. The third kappa shape index (κ3) is 3.88. The molecular weight excluding hydrogens is 352 g/mol. The van der Waals surface area contributed by atoms with Crippen LogP contribution in [0.5, 0.6) is 11.5 Å². The number of carbonyl (C=O) groups is 1. The van der Waals surface area contributed by atoms with Gasteiger partial charge in [-0.05, 0) is 48.1 Å². The first kappa shape index (κ1) is 17.0. The van der Waals surface area contributed by atoms with Crippen molar-refractivity contribution in [3.63, 3.8) is 0 Å². The molecule has 0 bridgehead atoms. The molecule has 1 atom stereocenters. The zero-order valence-electron chi connectivity index (χ0n) is 14.3. The summed E-state index contributed by atoms with van der Waals surface area (Å²) in [5, 5.41) is 6.65. The van der Waals surface area contributed by atoms with Crippen molar-refractivity contribution in [1.82, 2.24) is 10.6 Å². The zero-order valence-corrected chi connectivity index (χ0v) is 15.1. The van der Waals surface area contributed by atoms with E-state index in [4.69, 9.17) is 21.1 Å². The predicted molar refractivity (Wildman–Crippen MR) is 99.7 cm³/mol. The van der Waals surface area contributed by atoms with Crippen molar-refractivity contribution in [2.24, 2.45) is 5.92 Å². The Bertz CT molecular complexity index is 807. The molecule has 0 aromatic heterocycles. The maximum atomic E-state index is 12.4. The van der Waals surface area contributed by atoms with Gasteiger partial charge in [-0.25, -0.2) is 4.79 Å². The molecule has 4 rings (SSSR count). The van der Waals surface area contributed by atoms with E-state index in [0.717, 1.165) is 35.5 Å². The summed E-state index contributed by atoms with van der Waals surface area (Å²) in [6.07, 6.45) is 2.23. The highest BCUT2D eigenvalue weighted by molar-refractivity contribution is 6.31. The normalized spacial score (nSPS) is 16.7. The van der Waals surface area contributed by atoms with E-state index in [1.807, 2.05) is 42.5 Å². The number of benzene rings is 2. The van der Waals surface area contributed by atoms with Gasteiger partial charge in [0.25, 0.3) is 0 Å². The van der Waals surface area contributed by atoms with Crippen molar-refractivity contribution < 1.29 is 14.3 Å². The number of urea groups is 1. The van der Waals surface area contributed by atoms with Gasteiger partial charge in [0.2, 0.25) is 0 Å². The van der Waals surface area contributed by atoms with E-state index < -0.39 is 0 Å². The molecule has 0 spiro atoms. The van der Waals surface area contributed by atoms with Gasteiger partial charge in [-0.3, -0.25) is 0 Å². The van der Waals surface area contributed by atoms with Crippen molar-refractivity contribution in [2.75, 3.05) is 13.2 Å². The summed E-state index contributed by atoms with van der Waals surface area (Å²) in [6, 6.07) is 13.2. The Kier molecular flexibility index (Phi) is 4.89. The Morgan fingerprint density at radius 1 is 1.12 bits per heavy atom. The summed E-state index contributed by atoms with van der Waals surface area (Å²) >= 11 is 6.14. The van der Waals surface area contributed by atoms with Gasteiger partial charge >= 0.3 is 6.03 Å². The van der Waals surface area contributed by atoms with Gasteiger partial charge in [0.15, 0.2) is 11.5 Å². The molecule has 1 aliphatic carbocycles. The van der Waals surface area contributed by atoms with Crippen molar-refractivity contribution in [1.29, 1.82) is 0 Å². The van der Waals surface area contributed by atoms with E-state index in [1.54, 1.807) is 0 Å². The highest BCUT2D eigenvalue weighted by Crippen LogP contribution is 2.43. The quantitative estimate of drug-likeness (QED) is 0.832. The first-order chi connectivity index (χ1) is 12.7. The Morgan fingerprint density at radius 2 is 1.88 bits per heavy atom. The SMILES string of the molecule is O=C(NCc1ccccc1Cl)NC(c1ccc2c(c1)OCCO2)C1CC1. The summed E-state index contributed by atoms with van der Waals surface area (Å²) in [5.74, 6) is 1.97. The average molecular weight is 373 g/mol. The van der Waals surface area contributed by atoms with Crippen LogP contribution in [0.25, 0.3) is 0 Å². The number of halogens is 1. The maximum absolute atomic E-state index is 12.4. The molecule has 2 N–H and O–H groups in total. The molecule has 2 aliphatic rings. The predicted octanol–water partition coefficient (Wildman–Crippen LogP) is 4.06. The first-order valence-corrected chi connectivity index (χ1v) is 9.26. The lowest BCUT2D eigenvalue weighted by molar-refractivity contribution is 0.171. The first-order valence-electron chi connectivity index (χ1n) is 8.88. The van der Waals surface area contributed by atoms with Crippen molar-refractivity contribution in [3.05, 3.63) is 58.6 Å². The largest absolute Gasteiger partial charge is 0.486 e. The lowest BCUT2D eigenvalue weighted by Gasteiger charge is -2.23. The molecule has 5 nitrogen and oxygen atoms in total. The second-order valence-electron chi connectivity index (χ2n) is 6.64. The Hall–Kier alpha value is -2.40. The van der Waals surface area contributed by atoms with Crippen molar-refractivity contribution >= 4 is 17.6 Å². The maximum Gasteiger partial charge on any atom is 0.315 e. The number of amides is 2. The third-order valence-electron chi connectivity index (χ3n) is 4.70. The van der Waals surface area contributed by atoms with E-state index >= 15 is 0 Å². The van der Waals surface area contributed by atoms with Gasteiger partial charge in [0.1, 0.15) is 13.2 Å². The third-order valence-corrected chi connectivity index (χ3v) is 5.07. The monoisotopic (exact) mass is 372 g/mol. The summed E-state index contributed by atoms with van der Waals surface area (Å²) in [7, 11) is 0. The van der Waals surface area contributed by atoms with Crippen molar-refractivity contribution in [3.8, 4) is 11.5 Å². The summed E-state index contributed by atoms with van der Waals surface area (Å²) in [4.78, 5) is 12.4. The molecule has 2 amide bonds. The minimum absolute atomic E-state index is 0.0305. The molecule has 6 heteroatoms. The van der Waals surface area contributed by atoms with Crippen LogP contribution in [0.3, 0.4) is 0 Å². The highest BCUT2D eigenvalue weighted by Gasteiger charge is 2.34. The molecule has 136 valence electrons. The molecule has 1 fully saturated rings. The fourth-order valence-electron chi connectivity index (χ4n) is 3.17. The van der Waals surface area contributed by atoms with Crippen LogP contribution in [0.2, 0.25) is 5.02 Å². The Labute approximate surface area is 157 Å². The van der Waals surface area contributed by atoms with Gasteiger partial charge in [0, 0.05) is 11.6 Å². The summed E-state index contributed by atoms with van der Waals surface area (Å²) < 4.78 is 11.2. The minimum atomic E-state index is -0.197. The smallest absolute Gasteiger partial charge is 0.315 e. The van der Waals surface area contributed by atoms with Crippen LogP contribution in [-0.4, -0.2) is 19.2 Å². The molecule has 0 radical (unpaired) electrons. The highest BCUT2D eigenvalue weighted by atomic mass is 35.5. The topological polar surface area (TPSA) is 59.6 Å². The summed E-state index contributed by atoms with van der Waals surface area (Å²) in [5.41, 5.74) is 1.94. The molecule has 1 unspecified atom stereocenters. The number of ether oxygens (including phenoxy) is 2. The number of hydrogen-bond donors (Lipinski definition) is 2. The number of fused-ring (bicyclic) bond motifs is 1. The second-order valence-corrected chi connectivity index (χ2v) is 7.04. The lowest BCUT2D eigenvalue weighted by atomic mass is 10.0. The Morgan fingerprint density at radius 3 is 2.65 bits per heavy atom. The van der Waals surface area contributed by atoms with Crippen LogP contribution in [0.1, 0.15) is 30.0 Å². The lowest BCUT2D eigenvalue weighted by Crippen LogP contribution is -2.38. The summed E-state index contributed by atoms with van der Waals surface area (Å²) in [6.45, 7) is 1.52. The molecule has 2 aromatic carbocycles. The van der Waals surface area contributed by atoms with Crippen LogP contribution >= 0.6 is 11.6 Å². The van der Waals surface area contributed by atoms with Crippen LogP contribution in [-0.2, 0) is 6.54 Å². The molecule has 0 saturated heterocycles.